The second-order valence-electron chi connectivity index (χ2n) is 3.17. The molecule has 13 heavy (non-hydrogen) atoms. The molecule has 0 saturated heterocycles. The quantitative estimate of drug-likeness (QED) is 0.714. The molecule has 70 valence electrons. The number of halogens is 1. The van der Waals surface area contributed by atoms with Crippen molar-refractivity contribution in [3.05, 3.63) is 29.1 Å². The maximum atomic E-state index is 13.2. The van der Waals surface area contributed by atoms with Gasteiger partial charge in [0.05, 0.1) is 6.61 Å². The second-order valence-corrected chi connectivity index (χ2v) is 3.17. The van der Waals surface area contributed by atoms with E-state index in [9.17, 15) is 4.39 Å². The fourth-order valence-electron chi connectivity index (χ4n) is 1.66. The molecule has 0 unspecified atom stereocenters. The molecular formula is C10H12FNO. The van der Waals surface area contributed by atoms with Gasteiger partial charge in [-0.1, -0.05) is 6.07 Å². The fraction of sp³-hybridized carbons (Fsp3) is 0.400. The van der Waals surface area contributed by atoms with E-state index in [1.54, 1.807) is 6.07 Å². The Morgan fingerprint density at radius 1 is 1.46 bits per heavy atom. The molecule has 0 fully saturated rings. The van der Waals surface area contributed by atoms with Crippen LogP contribution < -0.4 is 10.5 Å². The van der Waals surface area contributed by atoms with E-state index in [1.165, 1.54) is 6.07 Å². The number of aryl methyl sites for hydroxylation is 1. The van der Waals surface area contributed by atoms with Crippen LogP contribution in [-0.2, 0) is 13.0 Å². The van der Waals surface area contributed by atoms with Crippen LogP contribution in [0, 0.1) is 5.82 Å². The van der Waals surface area contributed by atoms with E-state index in [0.29, 0.717) is 17.9 Å². The molecule has 1 aromatic rings. The maximum Gasteiger partial charge on any atom is 0.131 e. The number of rotatable bonds is 1. The van der Waals surface area contributed by atoms with Crippen molar-refractivity contribution in [1.82, 2.24) is 0 Å². The Balaban J connectivity index is 2.52. The summed E-state index contributed by atoms with van der Waals surface area (Å²) in [5.41, 5.74) is 7.04. The van der Waals surface area contributed by atoms with Crippen molar-refractivity contribution in [3.8, 4) is 5.75 Å². The number of hydrogen-bond donors (Lipinski definition) is 1. The summed E-state index contributed by atoms with van der Waals surface area (Å²) in [6.45, 7) is 0.873. The van der Waals surface area contributed by atoms with E-state index < -0.39 is 0 Å². The molecule has 3 heteroatoms. The molecule has 1 heterocycles. The molecule has 1 aliphatic heterocycles. The summed E-state index contributed by atoms with van der Waals surface area (Å²) in [5, 5.41) is 0. The lowest BCUT2D eigenvalue weighted by molar-refractivity contribution is 0.283. The van der Waals surface area contributed by atoms with Gasteiger partial charge >= 0.3 is 0 Å². The molecule has 0 amide bonds. The minimum atomic E-state index is -0.261. The largest absolute Gasteiger partial charge is 0.493 e. The molecular weight excluding hydrogens is 169 g/mol. The second kappa shape index (κ2) is 3.34. The molecule has 0 radical (unpaired) electrons. The normalized spacial score (nSPS) is 14.9. The van der Waals surface area contributed by atoms with Crippen LogP contribution in [-0.4, -0.2) is 6.61 Å². The third kappa shape index (κ3) is 1.40. The number of ether oxygens (including phenoxy) is 1. The van der Waals surface area contributed by atoms with Gasteiger partial charge in [-0.2, -0.15) is 0 Å². The number of hydrogen-bond acceptors (Lipinski definition) is 2. The number of nitrogens with two attached hydrogens (primary N) is 1. The summed E-state index contributed by atoms with van der Waals surface area (Å²) in [5.74, 6) is 0.414. The summed E-state index contributed by atoms with van der Waals surface area (Å²) in [4.78, 5) is 0. The fourth-order valence-corrected chi connectivity index (χ4v) is 1.66. The number of fused-ring (bicyclic) bond motifs is 1. The number of benzene rings is 1. The molecule has 2 nitrogen and oxygen atoms in total. The third-order valence-electron chi connectivity index (χ3n) is 2.33. The first-order chi connectivity index (χ1) is 6.33. The zero-order valence-electron chi connectivity index (χ0n) is 7.35. The smallest absolute Gasteiger partial charge is 0.131 e. The van der Waals surface area contributed by atoms with Crippen molar-refractivity contribution in [3.63, 3.8) is 0 Å². The van der Waals surface area contributed by atoms with E-state index in [0.717, 1.165) is 18.4 Å². The summed E-state index contributed by atoms with van der Waals surface area (Å²) >= 11 is 0. The minimum Gasteiger partial charge on any atom is -0.493 e. The van der Waals surface area contributed by atoms with Gasteiger partial charge in [0.2, 0.25) is 0 Å². The van der Waals surface area contributed by atoms with Crippen LogP contribution in [0.4, 0.5) is 4.39 Å². The van der Waals surface area contributed by atoms with Crippen LogP contribution >= 0.6 is 0 Å². The first-order valence-electron chi connectivity index (χ1n) is 4.46. The molecule has 2 rings (SSSR count). The highest BCUT2D eigenvalue weighted by Crippen LogP contribution is 2.30. The van der Waals surface area contributed by atoms with Crippen molar-refractivity contribution >= 4 is 0 Å². The van der Waals surface area contributed by atoms with Crippen LogP contribution in [0.2, 0.25) is 0 Å². The Labute approximate surface area is 76.5 Å². The summed E-state index contributed by atoms with van der Waals surface area (Å²) < 4.78 is 18.6. The average Bonchev–Trinajstić information content (AvgIpc) is 2.18. The molecule has 0 saturated carbocycles. The van der Waals surface area contributed by atoms with E-state index in [2.05, 4.69) is 0 Å². The van der Waals surface area contributed by atoms with Crippen LogP contribution in [0.5, 0.6) is 5.75 Å². The Morgan fingerprint density at radius 2 is 2.31 bits per heavy atom. The van der Waals surface area contributed by atoms with Gasteiger partial charge in [-0.3, -0.25) is 0 Å². The molecule has 0 atom stereocenters. The van der Waals surface area contributed by atoms with Crippen LogP contribution in [0.1, 0.15) is 17.5 Å². The van der Waals surface area contributed by atoms with Gasteiger partial charge < -0.3 is 10.5 Å². The summed E-state index contributed by atoms with van der Waals surface area (Å²) in [7, 11) is 0. The van der Waals surface area contributed by atoms with Crippen molar-refractivity contribution < 1.29 is 9.13 Å². The van der Waals surface area contributed by atoms with E-state index in [1.807, 2.05) is 0 Å². The molecule has 1 aromatic carbocycles. The van der Waals surface area contributed by atoms with Gasteiger partial charge in [0.25, 0.3) is 0 Å². The lowest BCUT2D eigenvalue weighted by atomic mass is 10.0. The lowest BCUT2D eigenvalue weighted by Gasteiger charge is -2.20. The van der Waals surface area contributed by atoms with Crippen LogP contribution in [0.15, 0.2) is 12.1 Å². The van der Waals surface area contributed by atoms with Gasteiger partial charge in [-0.25, -0.2) is 4.39 Å². The topological polar surface area (TPSA) is 35.2 Å². The minimum absolute atomic E-state index is 0.203. The lowest BCUT2D eigenvalue weighted by Crippen LogP contribution is -2.13. The van der Waals surface area contributed by atoms with Crippen molar-refractivity contribution in [2.75, 3.05) is 6.61 Å². The van der Waals surface area contributed by atoms with Crippen molar-refractivity contribution in [2.24, 2.45) is 5.73 Å². The molecule has 0 spiro atoms. The first kappa shape index (κ1) is 8.51. The molecule has 0 aliphatic carbocycles. The Bertz CT molecular complexity index is 325. The standard InChI is InChI=1S/C10H12FNO/c11-9-4-3-7-2-1-5-13-10(7)8(9)6-12/h3-4H,1-2,5-6,12H2. The van der Waals surface area contributed by atoms with Crippen molar-refractivity contribution in [2.45, 2.75) is 19.4 Å². The van der Waals surface area contributed by atoms with Gasteiger partial charge in [-0.15, -0.1) is 0 Å². The van der Waals surface area contributed by atoms with Crippen LogP contribution in [0.25, 0.3) is 0 Å². The Kier molecular flexibility index (Phi) is 2.19. The molecule has 0 aromatic heterocycles. The van der Waals surface area contributed by atoms with Gasteiger partial charge in [0.1, 0.15) is 11.6 Å². The van der Waals surface area contributed by atoms with Gasteiger partial charge in [0, 0.05) is 12.1 Å². The maximum absolute atomic E-state index is 13.2. The highest BCUT2D eigenvalue weighted by atomic mass is 19.1. The SMILES string of the molecule is NCc1c(F)ccc2c1OCCC2. The first-order valence-corrected chi connectivity index (χ1v) is 4.46. The predicted molar refractivity (Wildman–Crippen MR) is 48.1 cm³/mol. The van der Waals surface area contributed by atoms with E-state index in [4.69, 9.17) is 10.5 Å². The van der Waals surface area contributed by atoms with Gasteiger partial charge in [0.15, 0.2) is 0 Å². The van der Waals surface area contributed by atoms with E-state index in [-0.39, 0.29) is 12.4 Å². The Morgan fingerprint density at radius 3 is 3.08 bits per heavy atom. The monoisotopic (exact) mass is 181 g/mol. The zero-order valence-corrected chi connectivity index (χ0v) is 7.35. The molecule has 2 N–H and O–H groups in total. The predicted octanol–water partition coefficient (Wildman–Crippen LogP) is 1.61. The van der Waals surface area contributed by atoms with Crippen molar-refractivity contribution in [1.29, 1.82) is 0 Å². The van der Waals surface area contributed by atoms with Gasteiger partial charge in [-0.05, 0) is 24.5 Å². The highest BCUT2D eigenvalue weighted by molar-refractivity contribution is 5.43. The average molecular weight is 181 g/mol. The van der Waals surface area contributed by atoms with E-state index >= 15 is 0 Å². The summed E-state index contributed by atoms with van der Waals surface area (Å²) in [6.07, 6.45) is 1.96. The molecule has 1 aliphatic rings. The Hall–Kier alpha value is -1.09. The van der Waals surface area contributed by atoms with Crippen LogP contribution in [0.3, 0.4) is 0 Å². The summed E-state index contributed by atoms with van der Waals surface area (Å²) in [6, 6.07) is 3.25. The highest BCUT2D eigenvalue weighted by Gasteiger charge is 2.16. The third-order valence-corrected chi connectivity index (χ3v) is 2.33. The zero-order chi connectivity index (χ0) is 9.26. The molecule has 0 bridgehead atoms.